The zero-order chi connectivity index (χ0) is 11.4. The van der Waals surface area contributed by atoms with Crippen molar-refractivity contribution in [2.75, 3.05) is 6.61 Å². The molecular weight excluding hydrogens is 186 g/mol. The molecule has 1 atom stereocenters. The lowest BCUT2D eigenvalue weighted by Crippen LogP contribution is -2.32. The van der Waals surface area contributed by atoms with Crippen LogP contribution in [0.25, 0.3) is 0 Å². The summed E-state index contributed by atoms with van der Waals surface area (Å²) < 4.78 is 5.64. The monoisotopic (exact) mass is 207 g/mol. The third-order valence-electron chi connectivity index (χ3n) is 2.78. The van der Waals surface area contributed by atoms with Crippen molar-refractivity contribution in [3.8, 4) is 5.75 Å². The van der Waals surface area contributed by atoms with E-state index in [2.05, 4.69) is 39.8 Å². The summed E-state index contributed by atoms with van der Waals surface area (Å²) in [6.45, 7) is 8.98. The van der Waals surface area contributed by atoms with E-state index >= 15 is 0 Å². The highest BCUT2D eigenvalue weighted by Gasteiger charge is 2.08. The lowest BCUT2D eigenvalue weighted by atomic mass is 10.1. The second-order valence-corrected chi connectivity index (χ2v) is 4.46. The molecule has 0 spiro atoms. The average Bonchev–Trinajstić information content (AvgIpc) is 2.19. The van der Waals surface area contributed by atoms with Crippen LogP contribution in [0, 0.1) is 19.8 Å². The first-order valence-corrected chi connectivity index (χ1v) is 5.46. The lowest BCUT2D eigenvalue weighted by Gasteiger charge is -2.16. The van der Waals surface area contributed by atoms with Gasteiger partial charge in [0.2, 0.25) is 0 Å². The fourth-order valence-corrected chi connectivity index (χ4v) is 1.19. The fraction of sp³-hybridized carbons (Fsp3) is 0.538. The number of nitrogens with two attached hydrogens (primary N) is 1. The van der Waals surface area contributed by atoms with E-state index in [0.717, 1.165) is 5.75 Å². The van der Waals surface area contributed by atoms with Gasteiger partial charge in [-0.15, -0.1) is 0 Å². The predicted octanol–water partition coefficient (Wildman–Crippen LogP) is 2.67. The molecular formula is C13H21NO. The summed E-state index contributed by atoms with van der Waals surface area (Å²) in [5.41, 5.74) is 8.45. The van der Waals surface area contributed by atoms with Crippen molar-refractivity contribution in [3.05, 3.63) is 29.3 Å². The van der Waals surface area contributed by atoms with Gasteiger partial charge in [0.25, 0.3) is 0 Å². The number of rotatable bonds is 4. The molecule has 0 bridgehead atoms. The maximum absolute atomic E-state index is 5.91. The molecule has 0 heterocycles. The number of aryl methyl sites for hydroxylation is 2. The van der Waals surface area contributed by atoms with E-state index in [1.54, 1.807) is 0 Å². The SMILES string of the molecule is Cc1ccc(OCC(N)C(C)C)cc1C. The third-order valence-corrected chi connectivity index (χ3v) is 2.78. The Labute approximate surface area is 92.4 Å². The van der Waals surface area contributed by atoms with Gasteiger partial charge in [0.05, 0.1) is 0 Å². The van der Waals surface area contributed by atoms with Gasteiger partial charge in [-0.2, -0.15) is 0 Å². The van der Waals surface area contributed by atoms with E-state index in [4.69, 9.17) is 10.5 Å². The smallest absolute Gasteiger partial charge is 0.119 e. The van der Waals surface area contributed by atoms with Crippen LogP contribution < -0.4 is 10.5 Å². The normalized spacial score (nSPS) is 12.9. The van der Waals surface area contributed by atoms with Gasteiger partial charge in [-0.1, -0.05) is 19.9 Å². The Morgan fingerprint density at radius 2 is 1.87 bits per heavy atom. The Kier molecular flexibility index (Phi) is 4.15. The first-order valence-electron chi connectivity index (χ1n) is 5.46. The Balaban J connectivity index is 2.55. The molecule has 2 heteroatoms. The summed E-state index contributed by atoms with van der Waals surface area (Å²) in [5, 5.41) is 0. The van der Waals surface area contributed by atoms with E-state index in [1.807, 2.05) is 6.07 Å². The molecule has 0 saturated carbocycles. The summed E-state index contributed by atoms with van der Waals surface area (Å²) in [6, 6.07) is 6.23. The maximum Gasteiger partial charge on any atom is 0.119 e. The second-order valence-electron chi connectivity index (χ2n) is 4.46. The first kappa shape index (κ1) is 12.1. The highest BCUT2D eigenvalue weighted by atomic mass is 16.5. The minimum absolute atomic E-state index is 0.103. The highest BCUT2D eigenvalue weighted by molar-refractivity contribution is 5.33. The van der Waals surface area contributed by atoms with Crippen LogP contribution in [0.3, 0.4) is 0 Å². The third kappa shape index (κ3) is 3.56. The summed E-state index contributed by atoms with van der Waals surface area (Å²) in [4.78, 5) is 0. The highest BCUT2D eigenvalue weighted by Crippen LogP contribution is 2.16. The van der Waals surface area contributed by atoms with Crippen molar-refractivity contribution < 1.29 is 4.74 Å². The Bertz CT molecular complexity index is 320. The van der Waals surface area contributed by atoms with Gasteiger partial charge in [-0.3, -0.25) is 0 Å². The van der Waals surface area contributed by atoms with Crippen molar-refractivity contribution in [2.24, 2.45) is 11.7 Å². The van der Waals surface area contributed by atoms with Crippen molar-refractivity contribution in [3.63, 3.8) is 0 Å². The van der Waals surface area contributed by atoms with Crippen LogP contribution in [0.1, 0.15) is 25.0 Å². The van der Waals surface area contributed by atoms with E-state index in [1.165, 1.54) is 11.1 Å². The van der Waals surface area contributed by atoms with Gasteiger partial charge >= 0.3 is 0 Å². The molecule has 84 valence electrons. The van der Waals surface area contributed by atoms with Gasteiger partial charge in [0, 0.05) is 6.04 Å². The number of benzene rings is 1. The summed E-state index contributed by atoms with van der Waals surface area (Å²) in [6.07, 6.45) is 0. The number of hydrogen-bond donors (Lipinski definition) is 1. The van der Waals surface area contributed by atoms with E-state index in [-0.39, 0.29) is 6.04 Å². The number of ether oxygens (including phenoxy) is 1. The lowest BCUT2D eigenvalue weighted by molar-refractivity contribution is 0.259. The van der Waals surface area contributed by atoms with Gasteiger partial charge in [-0.25, -0.2) is 0 Å². The zero-order valence-corrected chi connectivity index (χ0v) is 10.1. The quantitative estimate of drug-likeness (QED) is 0.823. The zero-order valence-electron chi connectivity index (χ0n) is 10.1. The molecule has 0 aliphatic carbocycles. The molecule has 1 rings (SSSR count). The van der Waals surface area contributed by atoms with Crippen LogP contribution in [-0.4, -0.2) is 12.6 Å². The second kappa shape index (κ2) is 5.17. The van der Waals surface area contributed by atoms with E-state index in [9.17, 15) is 0 Å². The van der Waals surface area contributed by atoms with Crippen molar-refractivity contribution >= 4 is 0 Å². The molecule has 0 radical (unpaired) electrons. The molecule has 1 unspecified atom stereocenters. The summed E-state index contributed by atoms with van der Waals surface area (Å²) in [7, 11) is 0. The molecule has 0 aliphatic rings. The molecule has 0 aromatic heterocycles. The van der Waals surface area contributed by atoms with Gasteiger partial charge in [0.15, 0.2) is 0 Å². The molecule has 0 fully saturated rings. The molecule has 0 amide bonds. The average molecular weight is 207 g/mol. The number of hydrogen-bond acceptors (Lipinski definition) is 2. The van der Waals surface area contributed by atoms with Gasteiger partial charge in [0.1, 0.15) is 12.4 Å². The van der Waals surface area contributed by atoms with Crippen LogP contribution >= 0.6 is 0 Å². The van der Waals surface area contributed by atoms with Crippen LogP contribution in [0.2, 0.25) is 0 Å². The molecule has 2 nitrogen and oxygen atoms in total. The van der Waals surface area contributed by atoms with Crippen molar-refractivity contribution in [2.45, 2.75) is 33.7 Å². The van der Waals surface area contributed by atoms with Gasteiger partial charge < -0.3 is 10.5 Å². The largest absolute Gasteiger partial charge is 0.492 e. The summed E-state index contributed by atoms with van der Waals surface area (Å²) in [5.74, 6) is 1.37. The Morgan fingerprint density at radius 1 is 1.20 bits per heavy atom. The Morgan fingerprint density at radius 3 is 2.40 bits per heavy atom. The van der Waals surface area contributed by atoms with Crippen LogP contribution in [-0.2, 0) is 0 Å². The molecule has 15 heavy (non-hydrogen) atoms. The minimum Gasteiger partial charge on any atom is -0.492 e. The molecule has 0 saturated heterocycles. The fourth-order valence-electron chi connectivity index (χ4n) is 1.19. The van der Waals surface area contributed by atoms with Crippen molar-refractivity contribution in [1.82, 2.24) is 0 Å². The molecule has 2 N–H and O–H groups in total. The topological polar surface area (TPSA) is 35.2 Å². The van der Waals surface area contributed by atoms with Crippen LogP contribution in [0.4, 0.5) is 0 Å². The maximum atomic E-state index is 5.91. The summed E-state index contributed by atoms with van der Waals surface area (Å²) >= 11 is 0. The Hall–Kier alpha value is -1.02. The standard InChI is InChI=1S/C13H21NO/c1-9(2)13(14)8-15-12-6-5-10(3)11(4)7-12/h5-7,9,13H,8,14H2,1-4H3. The molecule has 0 aliphatic heterocycles. The predicted molar refractivity (Wildman–Crippen MR) is 64.2 cm³/mol. The van der Waals surface area contributed by atoms with Gasteiger partial charge in [-0.05, 0) is 43.0 Å². The van der Waals surface area contributed by atoms with Crippen LogP contribution in [0.5, 0.6) is 5.75 Å². The first-order chi connectivity index (χ1) is 7.00. The van der Waals surface area contributed by atoms with E-state index < -0.39 is 0 Å². The molecule has 1 aromatic carbocycles. The molecule has 1 aromatic rings. The van der Waals surface area contributed by atoms with Crippen molar-refractivity contribution in [1.29, 1.82) is 0 Å². The minimum atomic E-state index is 0.103. The van der Waals surface area contributed by atoms with Crippen LogP contribution in [0.15, 0.2) is 18.2 Å². The van der Waals surface area contributed by atoms with E-state index in [0.29, 0.717) is 12.5 Å².